The maximum absolute atomic E-state index is 11.3. The molecule has 0 saturated carbocycles. The number of esters is 1. The summed E-state index contributed by atoms with van der Waals surface area (Å²) in [6, 6.07) is 0. The van der Waals surface area contributed by atoms with Crippen LogP contribution < -0.4 is 0 Å². The Bertz CT molecular complexity index is 314. The Labute approximate surface area is 132 Å². The number of ether oxygens (including phenoxy) is 1. The van der Waals surface area contributed by atoms with E-state index in [2.05, 4.69) is 46.8 Å². The Morgan fingerprint density at radius 3 is 2.29 bits per heavy atom. The van der Waals surface area contributed by atoms with Gasteiger partial charge in [0.25, 0.3) is 0 Å². The molecule has 0 spiro atoms. The first-order valence-corrected chi connectivity index (χ1v) is 8.56. The molecule has 0 aromatic heterocycles. The lowest BCUT2D eigenvalue weighted by Crippen LogP contribution is -2.12. The molecule has 124 valence electrons. The largest absolute Gasteiger partial charge is 0.466 e. The van der Waals surface area contributed by atoms with Gasteiger partial charge in [-0.15, -0.1) is 0 Å². The summed E-state index contributed by atoms with van der Waals surface area (Å²) < 4.78 is 4.96. The normalized spacial score (nSPS) is 12.9. The molecule has 0 aromatic rings. The third-order valence-electron chi connectivity index (χ3n) is 3.95. The highest BCUT2D eigenvalue weighted by Gasteiger charge is 2.17. The van der Waals surface area contributed by atoms with E-state index in [0.29, 0.717) is 18.4 Å². The molecule has 2 heteroatoms. The van der Waals surface area contributed by atoms with Crippen LogP contribution in [0.3, 0.4) is 0 Å². The van der Waals surface area contributed by atoms with Crippen LogP contribution in [0.2, 0.25) is 0 Å². The van der Waals surface area contributed by atoms with Crippen LogP contribution in [0.15, 0.2) is 12.2 Å². The molecule has 0 N–H and O–H groups in total. The molecule has 0 atom stereocenters. The molecule has 0 radical (unpaired) electrons. The van der Waals surface area contributed by atoms with Crippen molar-refractivity contribution in [1.82, 2.24) is 0 Å². The predicted molar refractivity (Wildman–Crippen MR) is 91.3 cm³/mol. The standard InChI is InChI=1S/C19H36O2/c1-7-9-13-18(3,4)15-11-16-19(5,6)14-10-12-17(20)21-8-2/h11,16H,7-10,12-15H2,1-6H3. The Morgan fingerprint density at radius 1 is 1.05 bits per heavy atom. The lowest BCUT2D eigenvalue weighted by atomic mass is 9.81. The van der Waals surface area contributed by atoms with Gasteiger partial charge in [0.05, 0.1) is 6.61 Å². The third-order valence-corrected chi connectivity index (χ3v) is 3.95. The molecule has 0 aromatic carbocycles. The quantitative estimate of drug-likeness (QED) is 0.350. The van der Waals surface area contributed by atoms with Gasteiger partial charge < -0.3 is 4.74 Å². The monoisotopic (exact) mass is 296 g/mol. The maximum Gasteiger partial charge on any atom is 0.305 e. The molecule has 0 aliphatic heterocycles. The zero-order chi connectivity index (χ0) is 16.4. The number of hydrogen-bond acceptors (Lipinski definition) is 2. The molecule has 0 unspecified atom stereocenters. The van der Waals surface area contributed by atoms with Gasteiger partial charge in [0, 0.05) is 6.42 Å². The van der Waals surface area contributed by atoms with E-state index in [-0.39, 0.29) is 11.4 Å². The fourth-order valence-electron chi connectivity index (χ4n) is 2.46. The summed E-state index contributed by atoms with van der Waals surface area (Å²) in [4.78, 5) is 11.3. The first kappa shape index (κ1) is 20.2. The van der Waals surface area contributed by atoms with E-state index in [0.717, 1.165) is 19.3 Å². The summed E-state index contributed by atoms with van der Waals surface area (Å²) >= 11 is 0. The summed E-state index contributed by atoms with van der Waals surface area (Å²) in [5, 5.41) is 0. The van der Waals surface area contributed by atoms with Crippen molar-refractivity contribution in [3.05, 3.63) is 12.2 Å². The van der Waals surface area contributed by atoms with Gasteiger partial charge in [-0.05, 0) is 43.4 Å². The Hall–Kier alpha value is -0.790. The fourth-order valence-corrected chi connectivity index (χ4v) is 2.46. The highest BCUT2D eigenvalue weighted by Crippen LogP contribution is 2.30. The van der Waals surface area contributed by atoms with Crippen LogP contribution in [0.25, 0.3) is 0 Å². The van der Waals surface area contributed by atoms with Crippen LogP contribution in [0, 0.1) is 10.8 Å². The number of allylic oxidation sites excluding steroid dienone is 2. The minimum atomic E-state index is -0.0713. The van der Waals surface area contributed by atoms with E-state index in [9.17, 15) is 4.79 Å². The van der Waals surface area contributed by atoms with Crippen molar-refractivity contribution in [1.29, 1.82) is 0 Å². The molecular weight excluding hydrogens is 260 g/mol. The van der Waals surface area contributed by atoms with Gasteiger partial charge in [0.2, 0.25) is 0 Å². The van der Waals surface area contributed by atoms with E-state index in [1.165, 1.54) is 19.3 Å². The van der Waals surface area contributed by atoms with Gasteiger partial charge in [-0.1, -0.05) is 59.6 Å². The van der Waals surface area contributed by atoms with E-state index in [1.807, 2.05) is 6.92 Å². The molecule has 0 aliphatic rings. The number of rotatable bonds is 11. The second-order valence-electron chi connectivity index (χ2n) is 7.52. The number of carbonyl (C=O) groups excluding carboxylic acids is 1. The van der Waals surface area contributed by atoms with E-state index >= 15 is 0 Å². The SMILES string of the molecule is CCCCC(C)(C)CC=CC(C)(C)CCCC(=O)OCC. The minimum Gasteiger partial charge on any atom is -0.466 e. The second-order valence-corrected chi connectivity index (χ2v) is 7.52. The number of hydrogen-bond donors (Lipinski definition) is 0. The van der Waals surface area contributed by atoms with Crippen molar-refractivity contribution in [3.8, 4) is 0 Å². The van der Waals surface area contributed by atoms with Crippen LogP contribution in [0.4, 0.5) is 0 Å². The molecule has 0 amide bonds. The van der Waals surface area contributed by atoms with Crippen molar-refractivity contribution in [2.45, 2.75) is 86.5 Å². The van der Waals surface area contributed by atoms with Crippen LogP contribution in [0.5, 0.6) is 0 Å². The first-order valence-electron chi connectivity index (χ1n) is 8.56. The van der Waals surface area contributed by atoms with Gasteiger partial charge in [-0.25, -0.2) is 0 Å². The Kier molecular flexibility index (Phi) is 9.65. The second kappa shape index (κ2) is 10.0. The maximum atomic E-state index is 11.3. The molecule has 0 fully saturated rings. The fraction of sp³-hybridized carbons (Fsp3) is 0.842. The van der Waals surface area contributed by atoms with Crippen LogP contribution in [-0.2, 0) is 9.53 Å². The van der Waals surface area contributed by atoms with Crippen LogP contribution >= 0.6 is 0 Å². The Balaban J connectivity index is 4.09. The van der Waals surface area contributed by atoms with Gasteiger partial charge in [0.15, 0.2) is 0 Å². The predicted octanol–water partition coefficient (Wildman–Crippen LogP) is 5.91. The molecule has 2 nitrogen and oxygen atoms in total. The molecule has 0 saturated heterocycles. The topological polar surface area (TPSA) is 26.3 Å². The third kappa shape index (κ3) is 11.5. The van der Waals surface area contributed by atoms with Gasteiger partial charge in [-0.3, -0.25) is 4.79 Å². The summed E-state index contributed by atoms with van der Waals surface area (Å²) in [5.41, 5.74) is 0.556. The average Bonchev–Trinajstić information content (AvgIpc) is 2.36. The highest BCUT2D eigenvalue weighted by atomic mass is 16.5. The van der Waals surface area contributed by atoms with Crippen molar-refractivity contribution < 1.29 is 9.53 Å². The molecular formula is C19H36O2. The number of unbranched alkanes of at least 4 members (excludes halogenated alkanes) is 1. The Morgan fingerprint density at radius 2 is 1.71 bits per heavy atom. The summed E-state index contributed by atoms with van der Waals surface area (Å²) in [6.45, 7) is 13.8. The van der Waals surface area contributed by atoms with Crippen molar-refractivity contribution in [2.75, 3.05) is 6.61 Å². The van der Waals surface area contributed by atoms with Crippen LogP contribution in [0.1, 0.15) is 86.5 Å². The summed E-state index contributed by atoms with van der Waals surface area (Å²) in [5.74, 6) is -0.0713. The summed E-state index contributed by atoms with van der Waals surface area (Å²) in [6.07, 6.45) is 12.1. The molecule has 21 heavy (non-hydrogen) atoms. The average molecular weight is 296 g/mol. The lowest BCUT2D eigenvalue weighted by Gasteiger charge is -2.24. The van der Waals surface area contributed by atoms with Crippen LogP contribution in [-0.4, -0.2) is 12.6 Å². The summed E-state index contributed by atoms with van der Waals surface area (Å²) in [7, 11) is 0. The first-order chi connectivity index (χ1) is 9.72. The van der Waals surface area contributed by atoms with Crippen molar-refractivity contribution >= 4 is 5.97 Å². The van der Waals surface area contributed by atoms with Crippen molar-refractivity contribution in [2.24, 2.45) is 10.8 Å². The van der Waals surface area contributed by atoms with E-state index in [1.54, 1.807) is 0 Å². The molecule has 0 aliphatic carbocycles. The van der Waals surface area contributed by atoms with Gasteiger partial charge in [0.1, 0.15) is 0 Å². The lowest BCUT2D eigenvalue weighted by molar-refractivity contribution is -0.143. The number of carbonyl (C=O) groups is 1. The van der Waals surface area contributed by atoms with Gasteiger partial charge in [-0.2, -0.15) is 0 Å². The zero-order valence-corrected chi connectivity index (χ0v) is 15.1. The van der Waals surface area contributed by atoms with E-state index in [4.69, 9.17) is 4.74 Å². The molecule has 0 rings (SSSR count). The molecule has 0 heterocycles. The highest BCUT2D eigenvalue weighted by molar-refractivity contribution is 5.69. The molecule has 0 bridgehead atoms. The zero-order valence-electron chi connectivity index (χ0n) is 15.1. The minimum absolute atomic E-state index is 0.0713. The van der Waals surface area contributed by atoms with Gasteiger partial charge >= 0.3 is 5.97 Å². The van der Waals surface area contributed by atoms with Crippen molar-refractivity contribution in [3.63, 3.8) is 0 Å². The smallest absolute Gasteiger partial charge is 0.305 e. The van der Waals surface area contributed by atoms with E-state index < -0.39 is 0 Å².